The molecule has 0 aliphatic rings. The molecule has 114 valence electrons. The summed E-state index contributed by atoms with van der Waals surface area (Å²) in [5.41, 5.74) is 2.24. The number of anilines is 2. The zero-order valence-electron chi connectivity index (χ0n) is 12.1. The van der Waals surface area contributed by atoms with E-state index in [2.05, 4.69) is 41.1 Å². The molecule has 0 spiro atoms. The van der Waals surface area contributed by atoms with Gasteiger partial charge in [0.25, 0.3) is 0 Å². The van der Waals surface area contributed by atoms with Gasteiger partial charge in [0.05, 0.1) is 6.54 Å². The van der Waals surface area contributed by atoms with Gasteiger partial charge in [-0.2, -0.15) is 0 Å². The Morgan fingerprint density at radius 2 is 1.59 bits per heavy atom. The summed E-state index contributed by atoms with van der Waals surface area (Å²) in [5.74, 6) is 0. The molecule has 1 heterocycles. The van der Waals surface area contributed by atoms with E-state index in [0.717, 1.165) is 22.2 Å². The number of aromatic nitrogens is 1. The van der Waals surface area contributed by atoms with E-state index in [1.54, 1.807) is 20.7 Å². The summed E-state index contributed by atoms with van der Waals surface area (Å²) < 4.78 is 2.22. The molecule has 0 saturated carbocycles. The lowest BCUT2D eigenvalue weighted by Crippen LogP contribution is -3.00. The molecule has 2 aromatic carbocycles. The van der Waals surface area contributed by atoms with Crippen molar-refractivity contribution in [1.29, 1.82) is 0 Å². The molecule has 0 amide bonds. The summed E-state index contributed by atoms with van der Waals surface area (Å²) in [4.78, 5) is 5.73. The molecule has 0 atom stereocenters. The van der Waals surface area contributed by atoms with Gasteiger partial charge in [0.2, 0.25) is 0 Å². The molecule has 0 unspecified atom stereocenters. The molecule has 1 aromatic heterocycles. The molecule has 0 saturated heterocycles. The van der Waals surface area contributed by atoms with Gasteiger partial charge in [-0.3, -0.25) is 0 Å². The molecule has 0 aliphatic heterocycles. The predicted octanol–water partition coefficient (Wildman–Crippen LogP) is 1.08. The van der Waals surface area contributed by atoms with E-state index in [1.807, 2.05) is 36.4 Å². The standard InChI is InChI=1S/C16H15N3S2.BrH/c1-2-19(14-11-7-4-8-12-14)16-18-15(20-21-16)17-13-9-5-3-6-10-13;/h3-12H,2H2,1H3;1H. The summed E-state index contributed by atoms with van der Waals surface area (Å²) >= 11 is 0. The van der Waals surface area contributed by atoms with E-state index >= 15 is 0 Å². The quantitative estimate of drug-likeness (QED) is 0.530. The molecular weight excluding hydrogens is 378 g/mol. The minimum atomic E-state index is 0. The van der Waals surface area contributed by atoms with E-state index < -0.39 is 0 Å². The zero-order valence-corrected chi connectivity index (χ0v) is 15.3. The normalized spacial score (nSPS) is 11.5. The lowest BCUT2D eigenvalue weighted by molar-refractivity contribution is -0.00000416. The van der Waals surface area contributed by atoms with Crippen LogP contribution in [0, 0.1) is 0 Å². The average Bonchev–Trinajstić information content (AvgIpc) is 2.98. The molecule has 0 aliphatic carbocycles. The Hall–Kier alpha value is -1.50. The molecule has 6 heteroatoms. The first kappa shape index (κ1) is 16.9. The van der Waals surface area contributed by atoms with Crippen LogP contribution in [0.4, 0.5) is 16.5 Å². The van der Waals surface area contributed by atoms with Crippen molar-refractivity contribution in [3.05, 3.63) is 65.5 Å². The van der Waals surface area contributed by atoms with Crippen LogP contribution in [0.2, 0.25) is 0 Å². The number of hydrogen-bond acceptors (Lipinski definition) is 4. The largest absolute Gasteiger partial charge is 1.00 e. The van der Waals surface area contributed by atoms with Crippen molar-refractivity contribution < 1.29 is 17.0 Å². The van der Waals surface area contributed by atoms with Crippen molar-refractivity contribution in [2.45, 2.75) is 6.92 Å². The van der Waals surface area contributed by atoms with Crippen molar-refractivity contribution >= 4 is 37.2 Å². The van der Waals surface area contributed by atoms with Crippen LogP contribution < -0.4 is 31.7 Å². The number of rotatable bonds is 4. The maximum absolute atomic E-state index is 4.70. The summed E-state index contributed by atoms with van der Waals surface area (Å²) in [5, 5.41) is 4.27. The fraction of sp³-hybridized carbons (Fsp3) is 0.125. The number of para-hydroxylation sites is 2. The molecule has 0 bridgehead atoms. The number of benzene rings is 2. The van der Waals surface area contributed by atoms with E-state index in [4.69, 9.17) is 4.98 Å². The van der Waals surface area contributed by atoms with Crippen LogP contribution in [-0.4, -0.2) is 11.5 Å². The van der Waals surface area contributed by atoms with Gasteiger partial charge in [-0.15, -0.1) is 0 Å². The maximum atomic E-state index is 4.70. The van der Waals surface area contributed by atoms with Crippen LogP contribution in [0.5, 0.6) is 0 Å². The average molecular weight is 394 g/mol. The van der Waals surface area contributed by atoms with Gasteiger partial charge >= 0.3 is 9.93 Å². The Kier molecular flexibility index (Phi) is 6.30. The van der Waals surface area contributed by atoms with Crippen LogP contribution in [0.25, 0.3) is 0 Å². The molecule has 3 aromatic rings. The third kappa shape index (κ3) is 4.03. The summed E-state index contributed by atoms with van der Waals surface area (Å²) in [6.07, 6.45) is 0. The van der Waals surface area contributed by atoms with E-state index in [-0.39, 0.29) is 17.0 Å². The minimum Gasteiger partial charge on any atom is -1.00 e. The van der Waals surface area contributed by atoms with Gasteiger partial charge in [-0.05, 0) is 41.5 Å². The van der Waals surface area contributed by atoms with Gasteiger partial charge in [0.15, 0.2) is 0 Å². The molecule has 3 rings (SSSR count). The number of nitrogens with zero attached hydrogens (tertiary/aromatic N) is 2. The second-order valence-electron chi connectivity index (χ2n) is 4.44. The first-order chi connectivity index (χ1) is 10.4. The van der Waals surface area contributed by atoms with Gasteiger partial charge in [-0.1, -0.05) is 36.4 Å². The molecule has 22 heavy (non-hydrogen) atoms. The first-order valence-electron chi connectivity index (χ1n) is 6.81. The van der Waals surface area contributed by atoms with Crippen LogP contribution in [-0.2, 0) is 0 Å². The van der Waals surface area contributed by atoms with Crippen molar-refractivity contribution in [2.24, 2.45) is 0 Å². The van der Waals surface area contributed by atoms with Gasteiger partial charge in [0.1, 0.15) is 5.69 Å². The number of nitrogens with one attached hydrogen (secondary N) is 1. The Labute approximate surface area is 147 Å². The van der Waals surface area contributed by atoms with Crippen LogP contribution in [0.15, 0.2) is 60.7 Å². The summed E-state index contributed by atoms with van der Waals surface area (Å²) in [6, 6.07) is 20.5. The fourth-order valence-corrected chi connectivity index (χ4v) is 4.06. The van der Waals surface area contributed by atoms with Crippen molar-refractivity contribution in [1.82, 2.24) is 9.56 Å². The third-order valence-corrected chi connectivity index (χ3v) is 5.10. The maximum Gasteiger partial charge on any atom is 0.395 e. The third-order valence-electron chi connectivity index (χ3n) is 3.03. The topological polar surface area (TPSA) is 27.9 Å². The second kappa shape index (κ2) is 8.22. The van der Waals surface area contributed by atoms with Crippen LogP contribution in [0.3, 0.4) is 0 Å². The highest BCUT2D eigenvalue weighted by molar-refractivity contribution is 7.69. The molecule has 0 fully saturated rings. The second-order valence-corrected chi connectivity index (χ2v) is 6.52. The molecule has 1 N–H and O–H groups in total. The molecular formula is C16H16BrN3S2. The predicted molar refractivity (Wildman–Crippen MR) is 91.6 cm³/mol. The molecule has 3 nitrogen and oxygen atoms in total. The van der Waals surface area contributed by atoms with Crippen LogP contribution in [0.1, 0.15) is 6.92 Å². The van der Waals surface area contributed by atoms with Gasteiger partial charge in [0, 0.05) is 21.0 Å². The highest BCUT2D eigenvalue weighted by atomic mass is 79.9. The monoisotopic (exact) mass is 393 g/mol. The summed E-state index contributed by atoms with van der Waals surface area (Å²) in [6.45, 7) is 3.04. The lowest BCUT2D eigenvalue weighted by Gasteiger charge is -2.00. The van der Waals surface area contributed by atoms with Crippen molar-refractivity contribution in [2.75, 3.05) is 11.9 Å². The zero-order chi connectivity index (χ0) is 14.5. The Morgan fingerprint density at radius 1 is 0.955 bits per heavy atom. The highest BCUT2D eigenvalue weighted by Crippen LogP contribution is 2.19. The van der Waals surface area contributed by atoms with Gasteiger partial charge in [-0.25, -0.2) is 4.58 Å². The smallest absolute Gasteiger partial charge is 0.395 e. The van der Waals surface area contributed by atoms with Gasteiger partial charge < -0.3 is 22.3 Å². The lowest BCUT2D eigenvalue weighted by atomic mass is 10.3. The van der Waals surface area contributed by atoms with Crippen molar-refractivity contribution in [3.63, 3.8) is 0 Å². The minimum absolute atomic E-state index is 0. The summed E-state index contributed by atoms with van der Waals surface area (Å²) in [7, 11) is 3.35. The van der Waals surface area contributed by atoms with E-state index in [1.165, 1.54) is 5.69 Å². The highest BCUT2D eigenvalue weighted by Gasteiger charge is 2.12. The Balaban J connectivity index is 0.00000176. The number of hydrogen-bond donors (Lipinski definition) is 1. The Bertz CT molecular complexity index is 767. The van der Waals surface area contributed by atoms with E-state index in [9.17, 15) is 0 Å². The number of halogens is 1. The van der Waals surface area contributed by atoms with E-state index in [0.29, 0.717) is 0 Å². The van der Waals surface area contributed by atoms with Crippen molar-refractivity contribution in [3.8, 4) is 0 Å². The SMILES string of the molecule is CC[N+](c1ccccc1)=c1nc(Nc2ccccc2)ss1.[Br-]. The molecule has 0 radical (unpaired) electrons. The Morgan fingerprint density at radius 3 is 2.23 bits per heavy atom. The fourth-order valence-electron chi connectivity index (χ4n) is 2.04. The van der Waals surface area contributed by atoms with Crippen LogP contribution >= 0.6 is 20.7 Å². The first-order valence-corrected chi connectivity index (χ1v) is 8.96.